The van der Waals surface area contributed by atoms with E-state index in [1.54, 1.807) is 11.8 Å². The SMILES string of the molecule is CSc1ccccc1NCc1ccnn1C. The van der Waals surface area contributed by atoms with E-state index in [2.05, 4.69) is 34.9 Å². The van der Waals surface area contributed by atoms with Gasteiger partial charge in [0.1, 0.15) is 0 Å². The lowest BCUT2D eigenvalue weighted by Gasteiger charge is -2.10. The van der Waals surface area contributed by atoms with Crippen LogP contribution in [-0.2, 0) is 13.6 Å². The van der Waals surface area contributed by atoms with Crippen LogP contribution in [0.1, 0.15) is 5.69 Å². The van der Waals surface area contributed by atoms with E-state index >= 15 is 0 Å². The molecule has 0 saturated carbocycles. The smallest absolute Gasteiger partial charge is 0.0571 e. The van der Waals surface area contributed by atoms with E-state index in [0.29, 0.717) is 0 Å². The van der Waals surface area contributed by atoms with Crippen LogP contribution in [0, 0.1) is 0 Å². The van der Waals surface area contributed by atoms with Crippen molar-refractivity contribution in [2.24, 2.45) is 7.05 Å². The van der Waals surface area contributed by atoms with Gasteiger partial charge in [0.15, 0.2) is 0 Å². The Balaban J connectivity index is 2.07. The number of rotatable bonds is 4. The summed E-state index contributed by atoms with van der Waals surface area (Å²) < 4.78 is 1.88. The molecule has 0 unspecified atom stereocenters. The molecule has 0 aliphatic carbocycles. The molecule has 2 rings (SSSR count). The van der Waals surface area contributed by atoms with Gasteiger partial charge in [-0.25, -0.2) is 0 Å². The van der Waals surface area contributed by atoms with Gasteiger partial charge in [-0.15, -0.1) is 11.8 Å². The van der Waals surface area contributed by atoms with Crippen molar-refractivity contribution < 1.29 is 0 Å². The van der Waals surface area contributed by atoms with Crippen molar-refractivity contribution in [2.75, 3.05) is 11.6 Å². The summed E-state index contributed by atoms with van der Waals surface area (Å²) in [5.74, 6) is 0. The van der Waals surface area contributed by atoms with Gasteiger partial charge < -0.3 is 5.32 Å². The molecule has 0 spiro atoms. The first-order chi connectivity index (χ1) is 7.81. The molecular weight excluding hydrogens is 218 g/mol. The fourth-order valence-corrected chi connectivity index (χ4v) is 2.13. The van der Waals surface area contributed by atoms with Crippen LogP contribution in [0.2, 0.25) is 0 Å². The summed E-state index contributed by atoms with van der Waals surface area (Å²) in [6.45, 7) is 0.800. The van der Waals surface area contributed by atoms with Crippen molar-refractivity contribution in [2.45, 2.75) is 11.4 Å². The lowest BCUT2D eigenvalue weighted by molar-refractivity contribution is 0.720. The second-order valence-corrected chi connectivity index (χ2v) is 4.35. The van der Waals surface area contributed by atoms with Gasteiger partial charge in [0.05, 0.1) is 12.2 Å². The average molecular weight is 233 g/mol. The highest BCUT2D eigenvalue weighted by atomic mass is 32.2. The molecule has 0 amide bonds. The maximum Gasteiger partial charge on any atom is 0.0571 e. The molecule has 0 aliphatic rings. The minimum atomic E-state index is 0.800. The molecule has 1 N–H and O–H groups in total. The summed E-state index contributed by atoms with van der Waals surface area (Å²) in [5, 5.41) is 7.57. The van der Waals surface area contributed by atoms with Gasteiger partial charge in [0.25, 0.3) is 0 Å². The molecule has 1 heterocycles. The highest BCUT2D eigenvalue weighted by molar-refractivity contribution is 7.98. The molecule has 2 aromatic rings. The molecule has 0 aliphatic heterocycles. The third-order valence-corrected chi connectivity index (χ3v) is 3.29. The average Bonchev–Trinajstić information content (AvgIpc) is 2.72. The van der Waals surface area contributed by atoms with Gasteiger partial charge in [-0.1, -0.05) is 12.1 Å². The fraction of sp³-hybridized carbons (Fsp3) is 0.250. The second kappa shape index (κ2) is 5.07. The predicted molar refractivity (Wildman–Crippen MR) is 68.8 cm³/mol. The van der Waals surface area contributed by atoms with Crippen molar-refractivity contribution in [1.82, 2.24) is 9.78 Å². The lowest BCUT2D eigenvalue weighted by Crippen LogP contribution is -2.05. The fourth-order valence-electron chi connectivity index (χ4n) is 1.55. The number of nitrogens with zero attached hydrogens (tertiary/aromatic N) is 2. The van der Waals surface area contributed by atoms with Crippen LogP contribution in [0.25, 0.3) is 0 Å². The van der Waals surface area contributed by atoms with Crippen molar-refractivity contribution in [3.8, 4) is 0 Å². The molecule has 0 fully saturated rings. The number of thioether (sulfide) groups is 1. The Morgan fingerprint density at radius 1 is 1.31 bits per heavy atom. The molecule has 4 heteroatoms. The molecule has 0 saturated heterocycles. The second-order valence-electron chi connectivity index (χ2n) is 3.50. The molecule has 0 radical (unpaired) electrons. The number of nitrogens with one attached hydrogen (secondary N) is 1. The van der Waals surface area contributed by atoms with Gasteiger partial charge in [0, 0.05) is 23.8 Å². The number of aryl methyl sites for hydroxylation is 1. The summed E-state index contributed by atoms with van der Waals surface area (Å²) in [6, 6.07) is 10.3. The number of hydrogen-bond acceptors (Lipinski definition) is 3. The number of hydrogen-bond donors (Lipinski definition) is 1. The standard InChI is InChI=1S/C12H15N3S/c1-15-10(7-8-14-15)9-13-11-5-3-4-6-12(11)16-2/h3-8,13H,9H2,1-2H3. The molecule has 0 bridgehead atoms. The Morgan fingerprint density at radius 3 is 2.81 bits per heavy atom. The van der Waals surface area contributed by atoms with Crippen LogP contribution in [0.15, 0.2) is 41.4 Å². The third kappa shape index (κ3) is 2.39. The van der Waals surface area contributed by atoms with E-state index in [-0.39, 0.29) is 0 Å². The summed E-state index contributed by atoms with van der Waals surface area (Å²) in [4.78, 5) is 1.27. The molecule has 1 aromatic heterocycles. The maximum atomic E-state index is 4.14. The highest BCUT2D eigenvalue weighted by Gasteiger charge is 2.01. The molecular formula is C12H15N3S. The predicted octanol–water partition coefficient (Wildman–Crippen LogP) is 2.75. The quantitative estimate of drug-likeness (QED) is 0.824. The zero-order valence-electron chi connectivity index (χ0n) is 9.47. The lowest BCUT2D eigenvalue weighted by atomic mass is 10.3. The topological polar surface area (TPSA) is 29.9 Å². The maximum absolute atomic E-state index is 4.14. The Bertz CT molecular complexity index is 465. The van der Waals surface area contributed by atoms with E-state index in [1.165, 1.54) is 16.3 Å². The number of para-hydroxylation sites is 1. The van der Waals surface area contributed by atoms with E-state index in [1.807, 2.05) is 30.1 Å². The number of aromatic nitrogens is 2. The summed E-state index contributed by atoms with van der Waals surface area (Å²) >= 11 is 1.75. The first kappa shape index (κ1) is 11.1. The van der Waals surface area contributed by atoms with E-state index in [9.17, 15) is 0 Å². The minimum Gasteiger partial charge on any atom is -0.378 e. The first-order valence-electron chi connectivity index (χ1n) is 5.15. The minimum absolute atomic E-state index is 0.800. The van der Waals surface area contributed by atoms with E-state index in [0.717, 1.165) is 6.54 Å². The largest absolute Gasteiger partial charge is 0.378 e. The van der Waals surface area contributed by atoms with Crippen molar-refractivity contribution in [3.05, 3.63) is 42.2 Å². The normalized spacial score (nSPS) is 10.4. The van der Waals surface area contributed by atoms with E-state index in [4.69, 9.17) is 0 Å². The summed E-state index contributed by atoms with van der Waals surface area (Å²) in [6.07, 6.45) is 3.90. The van der Waals surface area contributed by atoms with Crippen LogP contribution in [0.5, 0.6) is 0 Å². The third-order valence-electron chi connectivity index (χ3n) is 2.49. The number of anilines is 1. The van der Waals surface area contributed by atoms with Crippen LogP contribution in [0.3, 0.4) is 0 Å². The monoisotopic (exact) mass is 233 g/mol. The van der Waals surface area contributed by atoms with Crippen LogP contribution in [-0.4, -0.2) is 16.0 Å². The summed E-state index contributed by atoms with van der Waals surface area (Å²) in [5.41, 5.74) is 2.35. The van der Waals surface area contributed by atoms with Crippen LogP contribution >= 0.6 is 11.8 Å². The molecule has 84 valence electrons. The molecule has 3 nitrogen and oxygen atoms in total. The van der Waals surface area contributed by atoms with Crippen molar-refractivity contribution in [1.29, 1.82) is 0 Å². The molecule has 1 aromatic carbocycles. The summed E-state index contributed by atoms with van der Waals surface area (Å²) in [7, 11) is 1.96. The Kier molecular flexibility index (Phi) is 3.51. The van der Waals surface area contributed by atoms with E-state index < -0.39 is 0 Å². The Morgan fingerprint density at radius 2 is 2.12 bits per heavy atom. The first-order valence-corrected chi connectivity index (χ1v) is 6.37. The van der Waals surface area contributed by atoms with Gasteiger partial charge >= 0.3 is 0 Å². The van der Waals surface area contributed by atoms with Crippen LogP contribution in [0.4, 0.5) is 5.69 Å². The molecule has 0 atom stereocenters. The Hall–Kier alpha value is -1.42. The van der Waals surface area contributed by atoms with Crippen molar-refractivity contribution in [3.63, 3.8) is 0 Å². The van der Waals surface area contributed by atoms with Crippen LogP contribution < -0.4 is 5.32 Å². The van der Waals surface area contributed by atoms with Gasteiger partial charge in [0.2, 0.25) is 0 Å². The van der Waals surface area contributed by atoms with Gasteiger partial charge in [-0.05, 0) is 24.5 Å². The Labute approximate surface area is 99.9 Å². The van der Waals surface area contributed by atoms with Crippen molar-refractivity contribution >= 4 is 17.4 Å². The van der Waals surface area contributed by atoms with Gasteiger partial charge in [-0.3, -0.25) is 4.68 Å². The molecule has 16 heavy (non-hydrogen) atoms. The zero-order chi connectivity index (χ0) is 11.4. The number of benzene rings is 1. The zero-order valence-corrected chi connectivity index (χ0v) is 10.3. The van der Waals surface area contributed by atoms with Gasteiger partial charge in [-0.2, -0.15) is 5.10 Å². The highest BCUT2D eigenvalue weighted by Crippen LogP contribution is 2.24.